The van der Waals surface area contributed by atoms with Crippen molar-refractivity contribution < 1.29 is 8.42 Å². The summed E-state index contributed by atoms with van der Waals surface area (Å²) >= 11 is 0. The lowest BCUT2D eigenvalue weighted by Gasteiger charge is -2.14. The fourth-order valence-corrected chi connectivity index (χ4v) is 4.00. The van der Waals surface area contributed by atoms with E-state index in [1.54, 1.807) is 13.8 Å². The zero-order valence-corrected chi connectivity index (χ0v) is 12.7. The van der Waals surface area contributed by atoms with Crippen LogP contribution in [0.25, 0.3) is 0 Å². The van der Waals surface area contributed by atoms with E-state index >= 15 is 0 Å². The number of sulfone groups is 1. The summed E-state index contributed by atoms with van der Waals surface area (Å²) in [5, 5.41) is 0. The lowest BCUT2D eigenvalue weighted by molar-refractivity contribution is 0.595. The van der Waals surface area contributed by atoms with E-state index in [0.29, 0.717) is 22.5 Å². The molecule has 0 unspecified atom stereocenters. The van der Waals surface area contributed by atoms with Gasteiger partial charge in [-0.3, -0.25) is 0 Å². The van der Waals surface area contributed by atoms with Gasteiger partial charge in [0.15, 0.2) is 0 Å². The molecule has 6 nitrogen and oxygen atoms in total. The van der Waals surface area contributed by atoms with Crippen LogP contribution in [0.4, 0.5) is 22.7 Å². The van der Waals surface area contributed by atoms with E-state index in [1.165, 1.54) is 24.3 Å². The van der Waals surface area contributed by atoms with Gasteiger partial charge >= 0.3 is 0 Å². The molecule has 2 rings (SSSR count). The predicted octanol–water partition coefficient (Wildman–Crippen LogP) is 1.47. The third-order valence-corrected chi connectivity index (χ3v) is 5.43. The lowest BCUT2D eigenvalue weighted by Crippen LogP contribution is -2.10. The van der Waals surface area contributed by atoms with Crippen molar-refractivity contribution in [2.45, 2.75) is 23.6 Å². The van der Waals surface area contributed by atoms with Crippen molar-refractivity contribution in [3.05, 3.63) is 35.4 Å². The number of nitrogen functional groups attached to an aromatic ring is 4. The molecule has 0 spiro atoms. The number of anilines is 4. The quantitative estimate of drug-likeness (QED) is 0.620. The molecule has 0 saturated heterocycles. The number of benzene rings is 2. The predicted molar refractivity (Wildman–Crippen MR) is 85.5 cm³/mol. The molecule has 8 N–H and O–H groups in total. The van der Waals surface area contributed by atoms with Gasteiger partial charge in [-0.05, 0) is 49.2 Å². The average Bonchev–Trinajstić information content (AvgIpc) is 2.37. The standard InChI is InChI=1S/C14H18N4O2S/c1-7-11(17)3-9(15)5-13(7)21(19,20)14-6-10(16)4-12(18)8(14)2/h3-6H,15-18H2,1-2H3. The van der Waals surface area contributed by atoms with E-state index in [4.69, 9.17) is 22.9 Å². The molecule has 0 radical (unpaired) electrons. The summed E-state index contributed by atoms with van der Waals surface area (Å²) in [5.41, 5.74) is 25.1. The lowest BCUT2D eigenvalue weighted by atomic mass is 10.2. The van der Waals surface area contributed by atoms with Crippen LogP contribution in [0.1, 0.15) is 11.1 Å². The Morgan fingerprint density at radius 3 is 1.38 bits per heavy atom. The van der Waals surface area contributed by atoms with Gasteiger partial charge in [-0.25, -0.2) is 8.42 Å². The molecule has 7 heteroatoms. The van der Waals surface area contributed by atoms with Gasteiger partial charge in [0.2, 0.25) is 9.84 Å². The Hall–Kier alpha value is -2.41. The summed E-state index contributed by atoms with van der Waals surface area (Å²) in [6.45, 7) is 3.26. The fraction of sp³-hybridized carbons (Fsp3) is 0.143. The Labute approximate surface area is 123 Å². The van der Waals surface area contributed by atoms with Crippen LogP contribution in [-0.4, -0.2) is 8.42 Å². The van der Waals surface area contributed by atoms with Crippen molar-refractivity contribution in [3.8, 4) is 0 Å². The van der Waals surface area contributed by atoms with E-state index < -0.39 is 9.84 Å². The zero-order valence-electron chi connectivity index (χ0n) is 11.8. The van der Waals surface area contributed by atoms with Gasteiger partial charge in [-0.15, -0.1) is 0 Å². The Bertz CT molecular complexity index is 766. The van der Waals surface area contributed by atoms with Crippen molar-refractivity contribution in [1.29, 1.82) is 0 Å². The van der Waals surface area contributed by atoms with Crippen LogP contribution in [0.5, 0.6) is 0 Å². The third kappa shape index (κ3) is 2.47. The number of rotatable bonds is 2. The van der Waals surface area contributed by atoms with Crippen LogP contribution in [0.2, 0.25) is 0 Å². The summed E-state index contributed by atoms with van der Waals surface area (Å²) in [4.78, 5) is 0.126. The summed E-state index contributed by atoms with van der Waals surface area (Å²) in [6.07, 6.45) is 0. The van der Waals surface area contributed by atoms with Crippen LogP contribution < -0.4 is 22.9 Å². The van der Waals surface area contributed by atoms with Gasteiger partial charge < -0.3 is 22.9 Å². The summed E-state index contributed by atoms with van der Waals surface area (Å²) < 4.78 is 25.7. The van der Waals surface area contributed by atoms with Crippen LogP contribution in [0.3, 0.4) is 0 Å². The highest BCUT2D eigenvalue weighted by atomic mass is 32.2. The molecule has 0 aliphatic carbocycles. The minimum Gasteiger partial charge on any atom is -0.399 e. The highest BCUT2D eigenvalue weighted by molar-refractivity contribution is 7.91. The van der Waals surface area contributed by atoms with E-state index in [1.807, 2.05) is 0 Å². The monoisotopic (exact) mass is 306 g/mol. The van der Waals surface area contributed by atoms with Crippen LogP contribution in [0, 0.1) is 13.8 Å². The molecule has 2 aromatic carbocycles. The average molecular weight is 306 g/mol. The highest BCUT2D eigenvalue weighted by Gasteiger charge is 2.24. The van der Waals surface area contributed by atoms with Crippen LogP contribution in [-0.2, 0) is 9.84 Å². The maximum absolute atomic E-state index is 12.9. The molecule has 0 atom stereocenters. The second-order valence-electron chi connectivity index (χ2n) is 4.97. The van der Waals surface area contributed by atoms with E-state index in [2.05, 4.69) is 0 Å². The zero-order chi connectivity index (χ0) is 15.9. The van der Waals surface area contributed by atoms with Crippen molar-refractivity contribution in [1.82, 2.24) is 0 Å². The molecule has 0 bridgehead atoms. The largest absolute Gasteiger partial charge is 0.399 e. The van der Waals surface area contributed by atoms with E-state index in [9.17, 15) is 8.42 Å². The molecule has 112 valence electrons. The van der Waals surface area contributed by atoms with Gasteiger partial charge in [0, 0.05) is 22.7 Å². The molecule has 0 aromatic heterocycles. The van der Waals surface area contributed by atoms with E-state index in [-0.39, 0.29) is 21.2 Å². The molecule has 0 heterocycles. The molecule has 0 fully saturated rings. The molecule has 0 saturated carbocycles. The second kappa shape index (κ2) is 4.85. The minimum absolute atomic E-state index is 0.0631. The molecular formula is C14H18N4O2S. The molecule has 2 aromatic rings. The topological polar surface area (TPSA) is 138 Å². The molecule has 0 aliphatic heterocycles. The van der Waals surface area contributed by atoms with Crippen molar-refractivity contribution in [3.63, 3.8) is 0 Å². The first-order valence-electron chi connectivity index (χ1n) is 6.21. The van der Waals surface area contributed by atoms with Crippen molar-refractivity contribution in [2.75, 3.05) is 22.9 Å². The van der Waals surface area contributed by atoms with Gasteiger partial charge in [0.1, 0.15) is 0 Å². The summed E-state index contributed by atoms with van der Waals surface area (Å²) in [7, 11) is -3.81. The smallest absolute Gasteiger partial charge is 0.207 e. The van der Waals surface area contributed by atoms with Gasteiger partial charge in [0.05, 0.1) is 9.79 Å². The Morgan fingerprint density at radius 1 is 0.714 bits per heavy atom. The SMILES string of the molecule is Cc1c(N)cc(N)cc1S(=O)(=O)c1cc(N)cc(N)c1C. The van der Waals surface area contributed by atoms with Gasteiger partial charge in [-0.1, -0.05) is 0 Å². The molecule has 0 aliphatic rings. The maximum atomic E-state index is 12.9. The van der Waals surface area contributed by atoms with Crippen molar-refractivity contribution in [2.24, 2.45) is 0 Å². The van der Waals surface area contributed by atoms with Gasteiger partial charge in [0.25, 0.3) is 0 Å². The first-order chi connectivity index (χ1) is 9.64. The number of nitrogens with two attached hydrogens (primary N) is 4. The molecule has 0 amide bonds. The van der Waals surface area contributed by atoms with Crippen molar-refractivity contribution >= 4 is 32.6 Å². The Balaban J connectivity index is 2.81. The first-order valence-corrected chi connectivity index (χ1v) is 7.69. The maximum Gasteiger partial charge on any atom is 0.207 e. The fourth-order valence-electron chi connectivity index (χ4n) is 2.14. The van der Waals surface area contributed by atoms with Gasteiger partial charge in [-0.2, -0.15) is 0 Å². The first kappa shape index (κ1) is 15.0. The minimum atomic E-state index is -3.81. The number of hydrogen-bond donors (Lipinski definition) is 4. The Kier molecular flexibility index (Phi) is 3.46. The third-order valence-electron chi connectivity index (χ3n) is 3.42. The summed E-state index contributed by atoms with van der Waals surface area (Å²) in [6, 6.07) is 5.82. The van der Waals surface area contributed by atoms with Crippen LogP contribution in [0.15, 0.2) is 34.1 Å². The Morgan fingerprint density at radius 2 is 1.05 bits per heavy atom. The number of hydrogen-bond acceptors (Lipinski definition) is 6. The molecule has 21 heavy (non-hydrogen) atoms. The molecular weight excluding hydrogens is 288 g/mol. The normalized spacial score (nSPS) is 11.5. The van der Waals surface area contributed by atoms with E-state index in [0.717, 1.165) is 0 Å². The highest BCUT2D eigenvalue weighted by Crippen LogP contribution is 2.33. The summed E-state index contributed by atoms with van der Waals surface area (Å²) in [5.74, 6) is 0. The second-order valence-corrected chi connectivity index (χ2v) is 6.86. The van der Waals surface area contributed by atoms with Crippen LogP contribution >= 0.6 is 0 Å².